The monoisotopic (exact) mass is 359 g/mol. The molecule has 1 aliphatic heterocycles. The quantitative estimate of drug-likeness (QED) is 0.608. The highest BCUT2D eigenvalue weighted by molar-refractivity contribution is 5.59. The van der Waals surface area contributed by atoms with Gasteiger partial charge in [-0.25, -0.2) is 14.5 Å². The Morgan fingerprint density at radius 1 is 1.22 bits per heavy atom. The lowest BCUT2D eigenvalue weighted by Crippen LogP contribution is -2.37. The fourth-order valence-corrected chi connectivity index (χ4v) is 3.94. The van der Waals surface area contributed by atoms with Crippen LogP contribution in [0.1, 0.15) is 48.5 Å². The van der Waals surface area contributed by atoms with E-state index in [0.717, 1.165) is 35.7 Å². The molecule has 0 fully saturated rings. The van der Waals surface area contributed by atoms with E-state index in [-0.39, 0.29) is 6.04 Å². The molecule has 0 saturated carbocycles. The predicted octanol–water partition coefficient (Wildman–Crippen LogP) is 3.12. The number of H-pyrrole nitrogens is 1. The summed E-state index contributed by atoms with van der Waals surface area (Å²) >= 11 is 0. The van der Waals surface area contributed by atoms with Crippen molar-refractivity contribution in [2.75, 3.05) is 11.4 Å². The van der Waals surface area contributed by atoms with Gasteiger partial charge in [0.1, 0.15) is 11.9 Å². The number of nitrogens with zero attached hydrogens (tertiary/aromatic N) is 6. The van der Waals surface area contributed by atoms with Crippen LogP contribution >= 0.6 is 0 Å². The van der Waals surface area contributed by atoms with Crippen molar-refractivity contribution in [3.63, 3.8) is 0 Å². The van der Waals surface area contributed by atoms with E-state index in [1.807, 2.05) is 10.7 Å². The van der Waals surface area contributed by atoms with Crippen LogP contribution in [-0.4, -0.2) is 36.1 Å². The van der Waals surface area contributed by atoms with Crippen LogP contribution < -0.4 is 4.90 Å². The van der Waals surface area contributed by atoms with Crippen molar-refractivity contribution < 1.29 is 0 Å². The number of hydrogen-bond acceptors (Lipinski definition) is 5. The summed E-state index contributed by atoms with van der Waals surface area (Å²) in [6, 6.07) is 6.33. The lowest BCUT2D eigenvalue weighted by atomic mass is 9.98. The van der Waals surface area contributed by atoms with Crippen LogP contribution in [0.15, 0.2) is 49.3 Å². The number of fused-ring (bicyclic) bond motifs is 2. The highest BCUT2D eigenvalue weighted by atomic mass is 15.3. The van der Waals surface area contributed by atoms with Gasteiger partial charge in [-0.15, -0.1) is 0 Å². The lowest BCUT2D eigenvalue weighted by molar-refractivity contribution is 0.609. The van der Waals surface area contributed by atoms with Gasteiger partial charge >= 0.3 is 0 Å². The third kappa shape index (κ3) is 2.58. The van der Waals surface area contributed by atoms with Crippen LogP contribution in [0.3, 0.4) is 0 Å². The summed E-state index contributed by atoms with van der Waals surface area (Å²) in [5.41, 5.74) is 5.59. The van der Waals surface area contributed by atoms with E-state index in [1.54, 1.807) is 24.9 Å². The Kier molecular flexibility index (Phi) is 3.67. The largest absolute Gasteiger partial charge is 0.348 e. The fraction of sp³-hybridized carbons (Fsp3) is 0.300. The molecule has 5 rings (SSSR count). The number of aromatic nitrogens is 6. The van der Waals surface area contributed by atoms with Crippen LogP contribution in [0.4, 0.5) is 5.82 Å². The van der Waals surface area contributed by atoms with Gasteiger partial charge in [-0.05, 0) is 23.6 Å². The number of imidazole rings is 1. The van der Waals surface area contributed by atoms with Gasteiger partial charge in [0.15, 0.2) is 0 Å². The van der Waals surface area contributed by atoms with Gasteiger partial charge in [-0.3, -0.25) is 4.98 Å². The van der Waals surface area contributed by atoms with Crippen molar-refractivity contribution >= 4 is 11.3 Å². The van der Waals surface area contributed by atoms with E-state index in [2.05, 4.69) is 56.9 Å². The van der Waals surface area contributed by atoms with Gasteiger partial charge in [-0.2, -0.15) is 5.10 Å². The topological polar surface area (TPSA) is 75.0 Å². The second-order valence-corrected chi connectivity index (χ2v) is 7.19. The molecule has 4 aromatic heterocycles. The standard InChI is InChI=1S/C20H21N7/c1-13(2)14-4-3-8-27-17(14)10-16(25-27)20-19-15(23-12-24-19)5-9-26(20)18-11-21-6-7-22-18/h3-4,6-8,10-13,20H,5,9H2,1-2H3,(H,23,24). The van der Waals surface area contributed by atoms with Gasteiger partial charge in [0.05, 0.1) is 29.4 Å². The molecule has 0 aliphatic carbocycles. The smallest absolute Gasteiger partial charge is 0.147 e. The Hall–Kier alpha value is -3.22. The molecule has 1 atom stereocenters. The zero-order valence-electron chi connectivity index (χ0n) is 15.4. The molecule has 0 amide bonds. The lowest BCUT2D eigenvalue weighted by Gasteiger charge is -2.34. The number of nitrogens with one attached hydrogen (secondary N) is 1. The van der Waals surface area contributed by atoms with Gasteiger partial charge < -0.3 is 9.88 Å². The molecular weight excluding hydrogens is 338 g/mol. The molecule has 1 unspecified atom stereocenters. The van der Waals surface area contributed by atoms with Crippen LogP contribution in [-0.2, 0) is 6.42 Å². The van der Waals surface area contributed by atoms with Crippen LogP contribution in [0.5, 0.6) is 0 Å². The molecule has 7 heteroatoms. The molecule has 7 nitrogen and oxygen atoms in total. The van der Waals surface area contributed by atoms with E-state index in [0.29, 0.717) is 5.92 Å². The van der Waals surface area contributed by atoms with Crippen molar-refractivity contribution in [2.24, 2.45) is 0 Å². The minimum Gasteiger partial charge on any atom is -0.348 e. The Balaban J connectivity index is 1.68. The first-order chi connectivity index (χ1) is 13.2. The Labute approximate surface area is 157 Å². The minimum atomic E-state index is -0.0865. The van der Waals surface area contributed by atoms with E-state index >= 15 is 0 Å². The zero-order chi connectivity index (χ0) is 18.4. The molecule has 0 spiro atoms. The summed E-state index contributed by atoms with van der Waals surface area (Å²) in [5, 5.41) is 4.91. The van der Waals surface area contributed by atoms with Crippen molar-refractivity contribution in [1.82, 2.24) is 29.5 Å². The molecule has 27 heavy (non-hydrogen) atoms. The molecule has 0 saturated heterocycles. The Bertz CT molecular complexity index is 1080. The first-order valence-corrected chi connectivity index (χ1v) is 9.25. The van der Waals surface area contributed by atoms with Gasteiger partial charge in [0, 0.05) is 37.3 Å². The highest BCUT2D eigenvalue weighted by Crippen LogP contribution is 2.36. The highest BCUT2D eigenvalue weighted by Gasteiger charge is 2.34. The molecule has 1 aliphatic rings. The van der Waals surface area contributed by atoms with Crippen molar-refractivity contribution in [2.45, 2.75) is 32.2 Å². The first kappa shape index (κ1) is 16.0. The van der Waals surface area contributed by atoms with Crippen molar-refractivity contribution in [1.29, 1.82) is 0 Å². The molecule has 0 aromatic carbocycles. The maximum atomic E-state index is 4.91. The second kappa shape index (κ2) is 6.19. The molecular formula is C20H21N7. The number of rotatable bonds is 3. The molecule has 136 valence electrons. The zero-order valence-corrected chi connectivity index (χ0v) is 15.4. The second-order valence-electron chi connectivity index (χ2n) is 7.19. The minimum absolute atomic E-state index is 0.0865. The third-order valence-electron chi connectivity index (χ3n) is 5.22. The van der Waals surface area contributed by atoms with E-state index in [4.69, 9.17) is 5.10 Å². The summed E-state index contributed by atoms with van der Waals surface area (Å²) in [5.74, 6) is 1.28. The summed E-state index contributed by atoms with van der Waals surface area (Å²) in [4.78, 5) is 18.9. The SMILES string of the molecule is CC(C)c1cccn2nc(C3c4nc[nH]c4CCN3c3cnccn3)cc12. The molecule has 0 bridgehead atoms. The average molecular weight is 359 g/mol. The van der Waals surface area contributed by atoms with Crippen LogP contribution in [0.2, 0.25) is 0 Å². The van der Waals surface area contributed by atoms with E-state index in [1.165, 1.54) is 11.3 Å². The Morgan fingerprint density at radius 2 is 2.15 bits per heavy atom. The number of anilines is 1. The van der Waals surface area contributed by atoms with Crippen molar-refractivity contribution in [3.05, 3.63) is 72.0 Å². The summed E-state index contributed by atoms with van der Waals surface area (Å²) in [7, 11) is 0. The average Bonchev–Trinajstić information content (AvgIpc) is 3.34. The third-order valence-corrected chi connectivity index (χ3v) is 5.22. The predicted molar refractivity (Wildman–Crippen MR) is 103 cm³/mol. The van der Waals surface area contributed by atoms with Gasteiger partial charge in [0.2, 0.25) is 0 Å². The summed E-state index contributed by atoms with van der Waals surface area (Å²) in [6.45, 7) is 5.25. The van der Waals surface area contributed by atoms with E-state index < -0.39 is 0 Å². The number of hydrogen-bond donors (Lipinski definition) is 1. The maximum absolute atomic E-state index is 4.91. The maximum Gasteiger partial charge on any atom is 0.147 e. The normalized spacial score (nSPS) is 16.9. The van der Waals surface area contributed by atoms with Crippen molar-refractivity contribution in [3.8, 4) is 0 Å². The molecule has 5 heterocycles. The molecule has 1 N–H and O–H groups in total. The van der Waals surface area contributed by atoms with Crippen LogP contribution in [0.25, 0.3) is 5.52 Å². The summed E-state index contributed by atoms with van der Waals surface area (Å²) in [6.07, 6.45) is 9.90. The molecule has 0 radical (unpaired) electrons. The molecule has 4 aromatic rings. The fourth-order valence-electron chi connectivity index (χ4n) is 3.94. The number of aromatic amines is 1. The van der Waals surface area contributed by atoms with Crippen LogP contribution in [0, 0.1) is 0 Å². The Morgan fingerprint density at radius 3 is 2.96 bits per heavy atom. The van der Waals surface area contributed by atoms with E-state index in [9.17, 15) is 0 Å². The van der Waals surface area contributed by atoms with Gasteiger partial charge in [-0.1, -0.05) is 19.9 Å². The summed E-state index contributed by atoms with van der Waals surface area (Å²) < 4.78 is 1.97. The first-order valence-electron chi connectivity index (χ1n) is 9.25. The van der Waals surface area contributed by atoms with Gasteiger partial charge in [0.25, 0.3) is 0 Å². The number of pyridine rings is 1.